The molecule has 2 N–H and O–H groups in total. The quantitative estimate of drug-likeness (QED) is 0.825. The van der Waals surface area contributed by atoms with Crippen molar-refractivity contribution in [2.24, 2.45) is 0 Å². The Balaban J connectivity index is 1.56. The Hall–Kier alpha value is -2.98. The summed E-state index contributed by atoms with van der Waals surface area (Å²) in [5, 5.41) is 11.9. The van der Waals surface area contributed by atoms with E-state index in [1.165, 1.54) is 4.90 Å². The van der Waals surface area contributed by atoms with Gasteiger partial charge in [-0.15, -0.1) is 0 Å². The summed E-state index contributed by atoms with van der Waals surface area (Å²) in [5.74, 6) is 0.710. The highest BCUT2D eigenvalue weighted by molar-refractivity contribution is 5.93. The number of nitrogens with one attached hydrogen (secondary N) is 2. The van der Waals surface area contributed by atoms with E-state index in [4.69, 9.17) is 5.26 Å². The first-order valence-electron chi connectivity index (χ1n) is 8.35. The van der Waals surface area contributed by atoms with Crippen molar-refractivity contribution >= 4 is 17.5 Å². The van der Waals surface area contributed by atoms with E-state index in [0.717, 1.165) is 32.1 Å². The number of nitrogens with zero attached hydrogens (tertiary/aromatic N) is 4. The van der Waals surface area contributed by atoms with Gasteiger partial charge in [0.05, 0.1) is 37.8 Å². The minimum Gasteiger partial charge on any atom is -0.330 e. The molecule has 2 aromatic rings. The van der Waals surface area contributed by atoms with Crippen LogP contribution in [0.5, 0.6) is 0 Å². The predicted molar refractivity (Wildman–Crippen MR) is 94.2 cm³/mol. The van der Waals surface area contributed by atoms with Crippen LogP contribution >= 0.6 is 0 Å². The minimum absolute atomic E-state index is 0.0329. The van der Waals surface area contributed by atoms with Gasteiger partial charge in [-0.25, -0.2) is 9.97 Å². The van der Waals surface area contributed by atoms with Crippen LogP contribution in [-0.2, 0) is 4.79 Å². The molecule has 1 atom stereocenters. The van der Waals surface area contributed by atoms with Gasteiger partial charge in [-0.2, -0.15) is 5.26 Å². The molecule has 0 spiro atoms. The van der Waals surface area contributed by atoms with Crippen molar-refractivity contribution in [1.29, 1.82) is 5.26 Å². The van der Waals surface area contributed by atoms with Gasteiger partial charge in [0.1, 0.15) is 0 Å². The lowest BCUT2D eigenvalue weighted by Gasteiger charge is -2.34. The number of rotatable bonds is 4. The van der Waals surface area contributed by atoms with Crippen molar-refractivity contribution < 1.29 is 9.69 Å². The van der Waals surface area contributed by atoms with Crippen LogP contribution in [0, 0.1) is 11.3 Å². The molecule has 1 amide bonds. The van der Waals surface area contributed by atoms with E-state index >= 15 is 0 Å². The van der Waals surface area contributed by atoms with Gasteiger partial charge >= 0.3 is 0 Å². The number of quaternary nitrogens is 1. The molecule has 7 nitrogen and oxygen atoms in total. The molecule has 1 saturated heterocycles. The smallest absolute Gasteiger partial charge is 0.282 e. The van der Waals surface area contributed by atoms with Crippen LogP contribution < -0.4 is 15.1 Å². The third kappa shape index (κ3) is 4.11. The molecule has 0 saturated carbocycles. The monoisotopic (exact) mass is 337 g/mol. The van der Waals surface area contributed by atoms with E-state index in [1.54, 1.807) is 42.7 Å². The van der Waals surface area contributed by atoms with Crippen LogP contribution in [0.4, 0.5) is 11.6 Å². The maximum Gasteiger partial charge on any atom is 0.282 e. The van der Waals surface area contributed by atoms with Crippen LogP contribution in [0.3, 0.4) is 0 Å². The highest BCUT2D eigenvalue weighted by Gasteiger charge is 2.29. The Bertz CT molecular complexity index is 765. The molecule has 1 aromatic carbocycles. The van der Waals surface area contributed by atoms with Crippen molar-refractivity contribution in [2.45, 2.75) is 13.0 Å². The highest BCUT2D eigenvalue weighted by atomic mass is 16.2. The normalized spacial score (nSPS) is 16.1. The Morgan fingerprint density at radius 1 is 1.28 bits per heavy atom. The van der Waals surface area contributed by atoms with Crippen molar-refractivity contribution in [3.63, 3.8) is 0 Å². The van der Waals surface area contributed by atoms with Gasteiger partial charge in [0, 0.05) is 18.1 Å². The van der Waals surface area contributed by atoms with Crippen LogP contribution in [0.15, 0.2) is 42.7 Å². The highest BCUT2D eigenvalue weighted by Crippen LogP contribution is 2.10. The first-order chi connectivity index (χ1) is 12.2. The zero-order valence-corrected chi connectivity index (χ0v) is 14.1. The van der Waals surface area contributed by atoms with Crippen LogP contribution in [0.1, 0.15) is 12.5 Å². The molecular formula is C18H21N6O+. The summed E-state index contributed by atoms with van der Waals surface area (Å²) in [6, 6.07) is 10.7. The second kappa shape index (κ2) is 7.73. The maximum atomic E-state index is 12.5. The van der Waals surface area contributed by atoms with Gasteiger partial charge in [0.25, 0.3) is 5.91 Å². The number of amides is 1. The molecule has 1 fully saturated rings. The van der Waals surface area contributed by atoms with E-state index < -0.39 is 0 Å². The second-order valence-corrected chi connectivity index (χ2v) is 6.10. The number of piperazine rings is 1. The number of anilines is 2. The number of carbonyl (C=O) groups is 1. The molecule has 1 aliphatic rings. The maximum absolute atomic E-state index is 12.5. The largest absolute Gasteiger partial charge is 0.330 e. The fraction of sp³-hybridized carbons (Fsp3) is 0.333. The van der Waals surface area contributed by atoms with E-state index in [0.29, 0.717) is 11.3 Å². The molecule has 7 heteroatoms. The molecule has 0 unspecified atom stereocenters. The number of carbonyl (C=O) groups excluding carboxylic acids is 1. The molecule has 0 bridgehead atoms. The van der Waals surface area contributed by atoms with E-state index in [2.05, 4.69) is 26.3 Å². The summed E-state index contributed by atoms with van der Waals surface area (Å²) in [4.78, 5) is 24.4. The Morgan fingerprint density at radius 2 is 2.00 bits per heavy atom. The number of benzene rings is 1. The van der Waals surface area contributed by atoms with Crippen molar-refractivity contribution in [3.05, 3.63) is 48.3 Å². The Kier molecular flexibility index (Phi) is 5.21. The molecule has 2 heterocycles. The topological polar surface area (TPSA) is 86.4 Å². The van der Waals surface area contributed by atoms with Gasteiger partial charge in [0.2, 0.25) is 5.95 Å². The fourth-order valence-electron chi connectivity index (χ4n) is 2.98. The summed E-state index contributed by atoms with van der Waals surface area (Å²) >= 11 is 0. The molecular weight excluding hydrogens is 316 g/mol. The first kappa shape index (κ1) is 16.9. The molecule has 1 aliphatic heterocycles. The van der Waals surface area contributed by atoms with Crippen molar-refractivity contribution in [2.75, 3.05) is 36.4 Å². The average molecular weight is 337 g/mol. The summed E-state index contributed by atoms with van der Waals surface area (Å²) in [6.45, 7) is 5.28. The lowest BCUT2D eigenvalue weighted by Crippen LogP contribution is -3.19. The third-order valence-electron chi connectivity index (χ3n) is 4.51. The first-order valence-corrected chi connectivity index (χ1v) is 8.35. The van der Waals surface area contributed by atoms with Gasteiger partial charge in [0.15, 0.2) is 6.04 Å². The van der Waals surface area contributed by atoms with E-state index in [-0.39, 0.29) is 11.9 Å². The molecule has 1 aromatic heterocycles. The van der Waals surface area contributed by atoms with Crippen molar-refractivity contribution in [1.82, 2.24) is 9.97 Å². The molecule has 25 heavy (non-hydrogen) atoms. The van der Waals surface area contributed by atoms with E-state index in [1.807, 2.05) is 6.92 Å². The van der Waals surface area contributed by atoms with Crippen LogP contribution in [-0.4, -0.2) is 48.1 Å². The summed E-state index contributed by atoms with van der Waals surface area (Å²) in [5.41, 5.74) is 1.20. The SMILES string of the molecule is C[C@H](C(=O)Nc1cccc(C#N)c1)[NH+]1CCN(c2ncccn2)CC1. The number of hydrogen-bond donors (Lipinski definition) is 2. The molecule has 3 rings (SSSR count). The Morgan fingerprint density at radius 3 is 2.68 bits per heavy atom. The molecule has 0 radical (unpaired) electrons. The number of nitriles is 1. The Labute approximate surface area is 146 Å². The zero-order chi connectivity index (χ0) is 17.6. The van der Waals surface area contributed by atoms with Crippen LogP contribution in [0.25, 0.3) is 0 Å². The van der Waals surface area contributed by atoms with Gasteiger partial charge in [-0.1, -0.05) is 6.07 Å². The lowest BCUT2D eigenvalue weighted by atomic mass is 10.2. The van der Waals surface area contributed by atoms with Gasteiger partial charge in [-0.05, 0) is 31.2 Å². The summed E-state index contributed by atoms with van der Waals surface area (Å²) in [7, 11) is 0. The third-order valence-corrected chi connectivity index (χ3v) is 4.51. The fourth-order valence-corrected chi connectivity index (χ4v) is 2.98. The standard InChI is InChI=1S/C18H20N6O/c1-14(17(25)22-16-5-2-4-15(12-16)13-19)23-8-10-24(11-9-23)18-20-6-3-7-21-18/h2-7,12,14H,8-11H2,1H3,(H,22,25)/p+1/t14-/m1/s1. The molecule has 128 valence electrons. The number of hydrogen-bond acceptors (Lipinski definition) is 5. The van der Waals surface area contributed by atoms with E-state index in [9.17, 15) is 4.79 Å². The van der Waals surface area contributed by atoms with Gasteiger partial charge in [-0.3, -0.25) is 4.79 Å². The predicted octanol–water partition coefficient (Wildman–Crippen LogP) is 0.0804. The second-order valence-electron chi connectivity index (χ2n) is 6.10. The minimum atomic E-state index is -0.162. The van der Waals surface area contributed by atoms with Gasteiger partial charge < -0.3 is 15.1 Å². The number of aromatic nitrogens is 2. The van der Waals surface area contributed by atoms with Crippen molar-refractivity contribution in [3.8, 4) is 6.07 Å². The average Bonchev–Trinajstić information content (AvgIpc) is 2.68. The molecule has 0 aliphatic carbocycles. The zero-order valence-electron chi connectivity index (χ0n) is 14.1. The lowest BCUT2D eigenvalue weighted by molar-refractivity contribution is -0.914. The van der Waals surface area contributed by atoms with Crippen LogP contribution in [0.2, 0.25) is 0 Å². The summed E-state index contributed by atoms with van der Waals surface area (Å²) < 4.78 is 0. The summed E-state index contributed by atoms with van der Waals surface area (Å²) in [6.07, 6.45) is 3.49.